The third kappa shape index (κ3) is 5.81. The van der Waals surface area contributed by atoms with Gasteiger partial charge in [-0.15, -0.1) is 0 Å². The first-order valence-corrected chi connectivity index (χ1v) is 9.57. The third-order valence-electron chi connectivity index (χ3n) is 4.93. The number of para-hydroxylation sites is 2. The summed E-state index contributed by atoms with van der Waals surface area (Å²) in [6.45, 7) is 12.4. The van der Waals surface area contributed by atoms with Crippen LogP contribution in [0, 0.1) is 35.1 Å². The Morgan fingerprint density at radius 3 is 1.23 bits per heavy atom. The van der Waals surface area contributed by atoms with Gasteiger partial charge < -0.3 is 7.43 Å². The molecule has 3 rings (SSSR count). The van der Waals surface area contributed by atoms with Gasteiger partial charge >= 0.3 is 0 Å². The van der Waals surface area contributed by atoms with Gasteiger partial charge in [0.2, 0.25) is 0 Å². The van der Waals surface area contributed by atoms with Crippen LogP contribution in [0.1, 0.15) is 47.5 Å². The van der Waals surface area contributed by atoms with Gasteiger partial charge in [0, 0.05) is 20.1 Å². The summed E-state index contributed by atoms with van der Waals surface area (Å²) in [7, 11) is 0. The second-order valence-corrected chi connectivity index (χ2v) is 7.28. The van der Waals surface area contributed by atoms with Crippen molar-refractivity contribution in [2.24, 2.45) is 9.98 Å². The van der Waals surface area contributed by atoms with Gasteiger partial charge in [0.15, 0.2) is 0 Å². The Morgan fingerprint density at radius 2 is 0.900 bits per heavy atom. The molecule has 0 aliphatic heterocycles. The van der Waals surface area contributed by atoms with E-state index in [9.17, 15) is 0 Å². The zero-order chi connectivity index (χ0) is 20.3. The van der Waals surface area contributed by atoms with Crippen molar-refractivity contribution in [1.82, 2.24) is 4.98 Å². The molecule has 0 saturated heterocycles. The van der Waals surface area contributed by atoms with Crippen LogP contribution in [0.25, 0.3) is 0 Å². The van der Waals surface area contributed by atoms with Gasteiger partial charge in [0.1, 0.15) is 0 Å². The first-order valence-electron chi connectivity index (χ1n) is 9.57. The SMILES string of the molecule is CC(=Nc1c(C)cccc1C)c1cccc(C(C)=Nc2c(C)cccc2C)n1.[CH3-].[Ir]. The fourth-order valence-electron chi connectivity index (χ4n) is 3.25. The summed E-state index contributed by atoms with van der Waals surface area (Å²) in [5, 5.41) is 0. The predicted molar refractivity (Wildman–Crippen MR) is 126 cm³/mol. The maximum Gasteiger partial charge on any atom is 0.0849 e. The largest absolute Gasteiger partial charge is 0.358 e. The maximum absolute atomic E-state index is 4.86. The number of benzene rings is 2. The molecule has 0 aliphatic rings. The number of aromatic nitrogens is 1. The molecule has 159 valence electrons. The number of hydrogen-bond acceptors (Lipinski definition) is 3. The molecule has 0 atom stereocenters. The van der Waals surface area contributed by atoms with Crippen LogP contribution in [0.5, 0.6) is 0 Å². The summed E-state index contributed by atoms with van der Waals surface area (Å²) in [5.74, 6) is 0. The van der Waals surface area contributed by atoms with E-state index in [1.54, 1.807) is 0 Å². The Labute approximate surface area is 194 Å². The molecule has 3 aromatic rings. The van der Waals surface area contributed by atoms with Crippen LogP contribution < -0.4 is 0 Å². The fraction of sp³-hybridized carbons (Fsp3) is 0.231. The van der Waals surface area contributed by atoms with E-state index in [-0.39, 0.29) is 27.5 Å². The van der Waals surface area contributed by atoms with Crippen molar-refractivity contribution in [3.8, 4) is 0 Å². The second-order valence-electron chi connectivity index (χ2n) is 7.28. The first-order chi connectivity index (χ1) is 13.4. The number of hydrogen-bond donors (Lipinski definition) is 0. The minimum Gasteiger partial charge on any atom is -0.358 e. The summed E-state index contributed by atoms with van der Waals surface area (Å²) < 4.78 is 0. The first kappa shape index (κ1) is 25.6. The summed E-state index contributed by atoms with van der Waals surface area (Å²) in [4.78, 5) is 14.5. The van der Waals surface area contributed by atoms with Gasteiger partial charge in [0.05, 0.1) is 34.2 Å². The molecule has 0 spiro atoms. The molecule has 0 bridgehead atoms. The van der Waals surface area contributed by atoms with E-state index >= 15 is 0 Å². The molecule has 30 heavy (non-hydrogen) atoms. The molecule has 1 heterocycles. The molecule has 0 amide bonds. The van der Waals surface area contributed by atoms with Crippen molar-refractivity contribution in [3.63, 3.8) is 0 Å². The normalized spacial score (nSPS) is 11.5. The monoisotopic (exact) mass is 577 g/mol. The Balaban J connectivity index is 0.00000225. The average Bonchev–Trinajstić information content (AvgIpc) is 2.67. The van der Waals surface area contributed by atoms with Gasteiger partial charge in [-0.25, -0.2) is 4.98 Å². The Morgan fingerprint density at radius 1 is 0.600 bits per heavy atom. The summed E-state index contributed by atoms with van der Waals surface area (Å²) in [6, 6.07) is 18.5. The van der Waals surface area contributed by atoms with Gasteiger partial charge in [-0.1, -0.05) is 42.5 Å². The average molecular weight is 577 g/mol. The van der Waals surface area contributed by atoms with Crippen molar-refractivity contribution in [2.75, 3.05) is 0 Å². The molecule has 3 nitrogen and oxygen atoms in total. The number of rotatable bonds is 4. The third-order valence-corrected chi connectivity index (χ3v) is 4.93. The van der Waals surface area contributed by atoms with Crippen molar-refractivity contribution < 1.29 is 20.1 Å². The Hall–Kier alpha value is -2.42. The number of nitrogens with zero attached hydrogens (tertiary/aromatic N) is 3. The predicted octanol–water partition coefficient (Wildman–Crippen LogP) is 7.04. The zero-order valence-electron chi connectivity index (χ0n) is 18.9. The second kappa shape index (κ2) is 11.1. The van der Waals surface area contributed by atoms with Crippen molar-refractivity contribution in [1.29, 1.82) is 0 Å². The van der Waals surface area contributed by atoms with E-state index in [0.717, 1.165) is 34.2 Å². The standard InChI is InChI=1S/C25H27N3.CH3.Ir/c1-16-10-7-11-17(2)24(16)26-20(5)22-14-9-15-23(28-22)21(6)27-25-18(3)12-8-13-19(25)4;;/h7-15H,1-6H3;1H3;/q;-1;. The zero-order valence-corrected chi connectivity index (χ0v) is 21.3. The molecule has 1 aromatic heterocycles. The molecular weight excluding hydrogens is 547 g/mol. The molecule has 0 unspecified atom stereocenters. The van der Waals surface area contributed by atoms with Crippen LogP contribution in [0.3, 0.4) is 0 Å². The smallest absolute Gasteiger partial charge is 0.0849 e. The quantitative estimate of drug-likeness (QED) is 0.242. The van der Waals surface area contributed by atoms with Gasteiger partial charge in [-0.3, -0.25) is 9.98 Å². The van der Waals surface area contributed by atoms with Crippen LogP contribution in [-0.4, -0.2) is 16.4 Å². The van der Waals surface area contributed by atoms with Crippen LogP contribution in [-0.2, 0) is 20.1 Å². The minimum absolute atomic E-state index is 0. The fourth-order valence-corrected chi connectivity index (χ4v) is 3.25. The van der Waals surface area contributed by atoms with E-state index in [4.69, 9.17) is 15.0 Å². The van der Waals surface area contributed by atoms with E-state index in [0.29, 0.717) is 0 Å². The molecule has 4 heteroatoms. The summed E-state index contributed by atoms with van der Waals surface area (Å²) in [5.41, 5.74) is 10.3. The number of aliphatic imine (C=N–C) groups is 2. The van der Waals surface area contributed by atoms with Crippen molar-refractivity contribution in [3.05, 3.63) is 95.7 Å². The van der Waals surface area contributed by atoms with E-state index in [2.05, 4.69) is 64.1 Å². The van der Waals surface area contributed by atoms with E-state index in [1.165, 1.54) is 22.3 Å². The maximum atomic E-state index is 4.86. The summed E-state index contributed by atoms with van der Waals surface area (Å²) >= 11 is 0. The van der Waals surface area contributed by atoms with E-state index < -0.39 is 0 Å². The molecule has 0 aliphatic carbocycles. The molecule has 0 saturated carbocycles. The van der Waals surface area contributed by atoms with E-state index in [1.807, 2.05) is 32.0 Å². The molecule has 1 radical (unpaired) electrons. The van der Waals surface area contributed by atoms with Gasteiger partial charge in [-0.2, -0.15) is 0 Å². The van der Waals surface area contributed by atoms with Crippen LogP contribution in [0.4, 0.5) is 11.4 Å². The topological polar surface area (TPSA) is 37.6 Å². The minimum atomic E-state index is 0. The molecule has 0 N–H and O–H groups in total. The van der Waals surface area contributed by atoms with Crippen LogP contribution in [0.2, 0.25) is 0 Å². The Kier molecular flexibility index (Phi) is 9.48. The van der Waals surface area contributed by atoms with Crippen molar-refractivity contribution in [2.45, 2.75) is 41.5 Å². The number of aryl methyl sites for hydroxylation is 4. The van der Waals surface area contributed by atoms with Crippen molar-refractivity contribution >= 4 is 22.8 Å². The van der Waals surface area contributed by atoms with Gasteiger partial charge in [0.25, 0.3) is 0 Å². The summed E-state index contributed by atoms with van der Waals surface area (Å²) in [6.07, 6.45) is 0. The van der Waals surface area contributed by atoms with Crippen LogP contribution in [0.15, 0.2) is 64.6 Å². The molecular formula is C26H30IrN3-. The molecule has 0 fully saturated rings. The van der Waals surface area contributed by atoms with Gasteiger partial charge in [-0.05, 0) is 75.9 Å². The molecule has 2 aromatic carbocycles. The van der Waals surface area contributed by atoms with Crippen LogP contribution >= 0.6 is 0 Å². The number of pyridine rings is 1. The Bertz CT molecular complexity index is 958.